The van der Waals surface area contributed by atoms with Gasteiger partial charge in [-0.25, -0.2) is 0 Å². The van der Waals surface area contributed by atoms with Crippen molar-refractivity contribution in [1.82, 2.24) is 10.3 Å². The van der Waals surface area contributed by atoms with Crippen molar-refractivity contribution in [3.8, 4) is 5.75 Å². The van der Waals surface area contributed by atoms with Crippen LogP contribution in [-0.4, -0.2) is 31.9 Å². The van der Waals surface area contributed by atoms with Crippen molar-refractivity contribution >= 4 is 0 Å². The van der Waals surface area contributed by atoms with Crippen molar-refractivity contribution in [2.45, 2.75) is 39.7 Å². The third kappa shape index (κ3) is 5.88. The standard InChI is InChI=1S/C16H28N2O2/c1-5-7-20-15-9-14(10-17-11-15)16(18-6-2)8-13(3)12-19-4/h9-11,13,16,18H,5-8,12H2,1-4H3. The normalized spacial score (nSPS) is 14.0. The highest BCUT2D eigenvalue weighted by molar-refractivity contribution is 5.26. The summed E-state index contributed by atoms with van der Waals surface area (Å²) in [6.07, 6.45) is 5.73. The molecule has 0 radical (unpaired) electrons. The fourth-order valence-electron chi connectivity index (χ4n) is 2.26. The molecule has 2 atom stereocenters. The van der Waals surface area contributed by atoms with Crippen molar-refractivity contribution in [1.29, 1.82) is 0 Å². The van der Waals surface area contributed by atoms with E-state index in [4.69, 9.17) is 9.47 Å². The van der Waals surface area contributed by atoms with Crippen molar-refractivity contribution in [3.63, 3.8) is 0 Å². The molecule has 0 aromatic carbocycles. The van der Waals surface area contributed by atoms with Crippen LogP contribution in [0.2, 0.25) is 0 Å². The number of nitrogens with zero attached hydrogens (tertiary/aromatic N) is 1. The van der Waals surface area contributed by atoms with Gasteiger partial charge in [0.05, 0.1) is 12.8 Å². The van der Waals surface area contributed by atoms with Crippen LogP contribution >= 0.6 is 0 Å². The van der Waals surface area contributed by atoms with Crippen molar-refractivity contribution in [3.05, 3.63) is 24.0 Å². The van der Waals surface area contributed by atoms with Crippen LogP contribution in [0, 0.1) is 5.92 Å². The van der Waals surface area contributed by atoms with E-state index in [1.165, 1.54) is 5.56 Å². The van der Waals surface area contributed by atoms with E-state index in [0.29, 0.717) is 12.0 Å². The van der Waals surface area contributed by atoms with Gasteiger partial charge in [0.25, 0.3) is 0 Å². The van der Waals surface area contributed by atoms with Gasteiger partial charge in [0.15, 0.2) is 0 Å². The molecule has 1 N–H and O–H groups in total. The van der Waals surface area contributed by atoms with Crippen molar-refractivity contribution in [2.75, 3.05) is 26.9 Å². The number of aromatic nitrogens is 1. The third-order valence-corrected chi connectivity index (χ3v) is 3.15. The van der Waals surface area contributed by atoms with E-state index in [1.54, 1.807) is 13.3 Å². The van der Waals surface area contributed by atoms with Gasteiger partial charge in [-0.2, -0.15) is 0 Å². The van der Waals surface area contributed by atoms with Gasteiger partial charge in [0, 0.05) is 26.0 Å². The van der Waals surface area contributed by atoms with Crippen molar-refractivity contribution < 1.29 is 9.47 Å². The first kappa shape index (κ1) is 16.9. The van der Waals surface area contributed by atoms with Crippen LogP contribution in [0.25, 0.3) is 0 Å². The summed E-state index contributed by atoms with van der Waals surface area (Å²) in [5.74, 6) is 1.36. The minimum Gasteiger partial charge on any atom is -0.492 e. The number of hydrogen-bond donors (Lipinski definition) is 1. The Morgan fingerprint density at radius 3 is 2.75 bits per heavy atom. The molecule has 0 aliphatic heterocycles. The van der Waals surface area contributed by atoms with Gasteiger partial charge in [-0.15, -0.1) is 0 Å². The van der Waals surface area contributed by atoms with Crippen LogP contribution in [0.5, 0.6) is 5.75 Å². The summed E-state index contributed by atoms with van der Waals surface area (Å²) in [6.45, 7) is 8.88. The summed E-state index contributed by atoms with van der Waals surface area (Å²) in [7, 11) is 1.75. The van der Waals surface area contributed by atoms with E-state index >= 15 is 0 Å². The Balaban J connectivity index is 2.74. The Hall–Kier alpha value is -1.13. The van der Waals surface area contributed by atoms with E-state index in [2.05, 4.69) is 37.1 Å². The Kier molecular flexibility index (Phi) is 8.23. The first-order chi connectivity index (χ1) is 9.71. The second-order valence-corrected chi connectivity index (χ2v) is 5.21. The van der Waals surface area contributed by atoms with Crippen LogP contribution in [-0.2, 0) is 4.74 Å². The zero-order chi connectivity index (χ0) is 14.8. The van der Waals surface area contributed by atoms with Crippen LogP contribution in [0.15, 0.2) is 18.5 Å². The second-order valence-electron chi connectivity index (χ2n) is 5.21. The number of rotatable bonds is 10. The fraction of sp³-hybridized carbons (Fsp3) is 0.688. The van der Waals surface area contributed by atoms with Crippen LogP contribution in [0.1, 0.15) is 45.2 Å². The summed E-state index contributed by atoms with van der Waals surface area (Å²) in [5, 5.41) is 3.52. The first-order valence-electron chi connectivity index (χ1n) is 7.51. The average Bonchev–Trinajstić information content (AvgIpc) is 2.45. The number of methoxy groups -OCH3 is 1. The minimum atomic E-state index is 0.294. The van der Waals surface area contributed by atoms with E-state index in [9.17, 15) is 0 Å². The van der Waals surface area contributed by atoms with Gasteiger partial charge >= 0.3 is 0 Å². The molecule has 1 aromatic rings. The lowest BCUT2D eigenvalue weighted by atomic mass is 9.97. The first-order valence-corrected chi connectivity index (χ1v) is 7.51. The van der Waals surface area contributed by atoms with E-state index in [-0.39, 0.29) is 0 Å². The highest BCUT2D eigenvalue weighted by Crippen LogP contribution is 2.24. The number of nitrogens with one attached hydrogen (secondary N) is 1. The predicted octanol–water partition coefficient (Wildman–Crippen LogP) is 3.19. The fourth-order valence-corrected chi connectivity index (χ4v) is 2.26. The maximum Gasteiger partial charge on any atom is 0.137 e. The maximum absolute atomic E-state index is 5.66. The molecule has 0 saturated heterocycles. The molecule has 0 saturated carbocycles. The summed E-state index contributed by atoms with van der Waals surface area (Å²) >= 11 is 0. The van der Waals surface area contributed by atoms with Gasteiger partial charge in [-0.05, 0) is 36.9 Å². The van der Waals surface area contributed by atoms with Crippen LogP contribution in [0.4, 0.5) is 0 Å². The van der Waals surface area contributed by atoms with E-state index < -0.39 is 0 Å². The molecule has 2 unspecified atom stereocenters. The quantitative estimate of drug-likeness (QED) is 0.715. The second kappa shape index (κ2) is 9.72. The molecule has 4 nitrogen and oxygen atoms in total. The molecule has 0 aliphatic rings. The Labute approximate surface area is 122 Å². The maximum atomic E-state index is 5.66. The highest BCUT2D eigenvalue weighted by Gasteiger charge is 2.15. The van der Waals surface area contributed by atoms with E-state index in [0.717, 1.165) is 38.3 Å². The Morgan fingerprint density at radius 1 is 1.30 bits per heavy atom. The molecule has 0 amide bonds. The zero-order valence-electron chi connectivity index (χ0n) is 13.2. The van der Waals surface area contributed by atoms with Gasteiger partial charge < -0.3 is 14.8 Å². The Bertz CT molecular complexity index is 371. The van der Waals surface area contributed by atoms with Crippen molar-refractivity contribution in [2.24, 2.45) is 5.92 Å². The number of ether oxygens (including phenoxy) is 2. The molecule has 1 aromatic heterocycles. The van der Waals surface area contributed by atoms with Gasteiger partial charge in [0.2, 0.25) is 0 Å². The molecule has 0 fully saturated rings. The number of pyridine rings is 1. The lowest BCUT2D eigenvalue weighted by Gasteiger charge is -2.22. The van der Waals surface area contributed by atoms with Gasteiger partial charge in [-0.1, -0.05) is 20.8 Å². The van der Waals surface area contributed by atoms with Crippen LogP contribution < -0.4 is 10.1 Å². The zero-order valence-corrected chi connectivity index (χ0v) is 13.2. The minimum absolute atomic E-state index is 0.294. The van der Waals surface area contributed by atoms with Gasteiger partial charge in [0.1, 0.15) is 5.75 Å². The predicted molar refractivity (Wildman–Crippen MR) is 82.1 cm³/mol. The smallest absolute Gasteiger partial charge is 0.137 e. The summed E-state index contributed by atoms with van der Waals surface area (Å²) in [6, 6.07) is 2.39. The van der Waals surface area contributed by atoms with E-state index in [1.807, 2.05) is 6.20 Å². The molecule has 0 aliphatic carbocycles. The molecule has 114 valence electrons. The largest absolute Gasteiger partial charge is 0.492 e. The molecule has 0 spiro atoms. The topological polar surface area (TPSA) is 43.4 Å². The third-order valence-electron chi connectivity index (χ3n) is 3.15. The summed E-state index contributed by atoms with van der Waals surface area (Å²) in [5.41, 5.74) is 1.18. The molecule has 4 heteroatoms. The Morgan fingerprint density at radius 2 is 2.10 bits per heavy atom. The average molecular weight is 280 g/mol. The molecular formula is C16H28N2O2. The molecule has 20 heavy (non-hydrogen) atoms. The lowest BCUT2D eigenvalue weighted by molar-refractivity contribution is 0.149. The molecule has 0 bridgehead atoms. The highest BCUT2D eigenvalue weighted by atomic mass is 16.5. The summed E-state index contributed by atoms with van der Waals surface area (Å²) in [4.78, 5) is 4.30. The SMILES string of the molecule is CCCOc1cncc(C(CC(C)COC)NCC)c1. The molecule has 1 rings (SSSR count). The molecule has 1 heterocycles. The monoisotopic (exact) mass is 280 g/mol. The van der Waals surface area contributed by atoms with Crippen LogP contribution in [0.3, 0.4) is 0 Å². The molecular weight excluding hydrogens is 252 g/mol. The summed E-state index contributed by atoms with van der Waals surface area (Å²) < 4.78 is 10.9. The van der Waals surface area contributed by atoms with Gasteiger partial charge in [-0.3, -0.25) is 4.98 Å². The lowest BCUT2D eigenvalue weighted by Crippen LogP contribution is -2.24. The number of hydrogen-bond acceptors (Lipinski definition) is 4.